The molecule has 0 heterocycles. The molecule has 1 aliphatic rings. The van der Waals surface area contributed by atoms with Crippen molar-refractivity contribution in [3.63, 3.8) is 0 Å². The van der Waals surface area contributed by atoms with Crippen molar-refractivity contribution in [1.29, 1.82) is 0 Å². The molecule has 37 heavy (non-hydrogen) atoms. The predicted octanol–water partition coefficient (Wildman–Crippen LogP) is 10.3. The van der Waals surface area contributed by atoms with Crippen LogP contribution in [-0.4, -0.2) is 12.0 Å². The molecule has 2 aromatic carbocycles. The van der Waals surface area contributed by atoms with Crippen molar-refractivity contribution in [1.82, 2.24) is 0 Å². The monoisotopic (exact) mass is 540 g/mol. The summed E-state index contributed by atoms with van der Waals surface area (Å²) >= 11 is 6.17. The highest BCUT2D eigenvalue weighted by Crippen LogP contribution is 2.38. The Labute approximate surface area is 224 Å². The molecule has 1 aliphatic carbocycles. The second-order valence-electron chi connectivity index (χ2n) is 10.5. The minimum atomic E-state index is -1.25. The Morgan fingerprint density at radius 1 is 0.838 bits per heavy atom. The second-order valence-corrected chi connectivity index (χ2v) is 11.1. The van der Waals surface area contributed by atoms with Crippen molar-refractivity contribution in [3.05, 3.63) is 52.6 Å². The molecule has 0 amide bonds. The number of rotatable bonds is 15. The van der Waals surface area contributed by atoms with Gasteiger partial charge in [0.1, 0.15) is 6.61 Å². The van der Waals surface area contributed by atoms with Crippen molar-refractivity contribution in [2.24, 2.45) is 5.92 Å². The number of hydrogen-bond donors (Lipinski definition) is 0. The number of hydrogen-bond acceptors (Lipinski definition) is 1. The smallest absolute Gasteiger partial charge is 0.201 e. The molecule has 2 atom stereocenters. The van der Waals surface area contributed by atoms with Gasteiger partial charge in [-0.05, 0) is 60.9 Å². The number of aryl methyl sites for hydroxylation is 1. The predicted molar refractivity (Wildman–Crippen MR) is 144 cm³/mol. The summed E-state index contributed by atoms with van der Waals surface area (Å²) in [4.78, 5) is 0. The highest BCUT2D eigenvalue weighted by molar-refractivity contribution is 6.20. The molecular formula is C31H41ClF4O. The number of fused-ring (bicyclic) bond motifs is 1. The Morgan fingerprint density at radius 3 is 2.24 bits per heavy atom. The molecule has 0 aromatic heterocycles. The van der Waals surface area contributed by atoms with Gasteiger partial charge in [0.15, 0.2) is 23.2 Å². The molecule has 1 nitrogen and oxygen atoms in total. The highest BCUT2D eigenvalue weighted by atomic mass is 35.5. The van der Waals surface area contributed by atoms with Crippen LogP contribution in [-0.2, 0) is 12.8 Å². The van der Waals surface area contributed by atoms with E-state index in [0.29, 0.717) is 36.3 Å². The zero-order valence-corrected chi connectivity index (χ0v) is 23.0. The Morgan fingerprint density at radius 2 is 1.51 bits per heavy atom. The van der Waals surface area contributed by atoms with Crippen LogP contribution in [0.15, 0.2) is 18.2 Å². The first-order valence-electron chi connectivity index (χ1n) is 14.1. The maximum Gasteiger partial charge on any atom is 0.201 e. The molecular weight excluding hydrogens is 500 g/mol. The van der Waals surface area contributed by atoms with E-state index in [1.165, 1.54) is 56.7 Å². The number of alkyl halides is 1. The minimum absolute atomic E-state index is 0.0408. The third-order valence-electron chi connectivity index (χ3n) is 7.56. The SMILES string of the molecule is CCCCCCCCCC1CCc2cc(-c3ccc(OCC(Cl)CCCC)c(F)c3F)c(F)c(F)c2C1. The third kappa shape index (κ3) is 8.12. The van der Waals surface area contributed by atoms with Crippen LogP contribution in [0.5, 0.6) is 5.75 Å². The molecule has 2 aromatic rings. The van der Waals surface area contributed by atoms with Gasteiger partial charge in [-0.2, -0.15) is 4.39 Å². The van der Waals surface area contributed by atoms with Gasteiger partial charge in [0.05, 0.1) is 5.38 Å². The lowest BCUT2D eigenvalue weighted by Crippen LogP contribution is -2.17. The van der Waals surface area contributed by atoms with Crippen LogP contribution >= 0.6 is 11.6 Å². The van der Waals surface area contributed by atoms with Gasteiger partial charge in [-0.1, -0.05) is 78.1 Å². The summed E-state index contributed by atoms with van der Waals surface area (Å²) < 4.78 is 65.4. The minimum Gasteiger partial charge on any atom is -0.489 e. The van der Waals surface area contributed by atoms with E-state index >= 15 is 8.78 Å². The first kappa shape index (κ1) is 29.8. The fourth-order valence-corrected chi connectivity index (χ4v) is 5.50. The Hall–Kier alpha value is -1.75. The second kappa shape index (κ2) is 15.0. The molecule has 3 rings (SSSR count). The first-order valence-corrected chi connectivity index (χ1v) is 14.6. The number of unbranched alkanes of at least 4 members (excludes halogenated alkanes) is 7. The third-order valence-corrected chi connectivity index (χ3v) is 7.90. The summed E-state index contributed by atoms with van der Waals surface area (Å²) in [7, 11) is 0. The van der Waals surface area contributed by atoms with E-state index in [9.17, 15) is 8.78 Å². The topological polar surface area (TPSA) is 9.23 Å². The molecule has 6 heteroatoms. The van der Waals surface area contributed by atoms with Gasteiger partial charge in [0.25, 0.3) is 0 Å². The summed E-state index contributed by atoms with van der Waals surface area (Å²) in [5.41, 5.74) is 0.526. The molecule has 0 radical (unpaired) electrons. The van der Waals surface area contributed by atoms with Gasteiger partial charge in [-0.15, -0.1) is 11.6 Å². The van der Waals surface area contributed by atoms with Crippen LogP contribution in [0.25, 0.3) is 11.1 Å². The maximum atomic E-state index is 15.2. The van der Waals surface area contributed by atoms with Crippen LogP contribution in [0.1, 0.15) is 102 Å². The lowest BCUT2D eigenvalue weighted by molar-refractivity contribution is 0.288. The fourth-order valence-electron chi connectivity index (χ4n) is 5.28. The lowest BCUT2D eigenvalue weighted by Gasteiger charge is -2.26. The molecule has 206 valence electrons. The van der Waals surface area contributed by atoms with Crippen LogP contribution in [0.4, 0.5) is 17.6 Å². The summed E-state index contributed by atoms with van der Waals surface area (Å²) in [6.07, 6.45) is 14.2. The standard InChI is InChI=1S/C31H41ClF4O/c1-3-5-7-8-9-10-11-12-21-14-15-22-19-26(30(35)29(34)25(22)18-21)24-16-17-27(31(36)28(24)33)37-20-23(32)13-6-4-2/h16-17,19,21,23H,3-15,18,20H2,1-2H3. The van der Waals surface area contributed by atoms with Crippen molar-refractivity contribution in [2.75, 3.05) is 6.61 Å². The van der Waals surface area contributed by atoms with Crippen LogP contribution in [0.3, 0.4) is 0 Å². The van der Waals surface area contributed by atoms with Crippen LogP contribution < -0.4 is 4.74 Å². The summed E-state index contributed by atoms with van der Waals surface area (Å²) in [6, 6.07) is 4.00. The van der Waals surface area contributed by atoms with Gasteiger partial charge >= 0.3 is 0 Å². The normalized spacial score (nSPS) is 16.0. The Balaban J connectivity index is 1.67. The van der Waals surface area contributed by atoms with E-state index in [4.69, 9.17) is 16.3 Å². The van der Waals surface area contributed by atoms with E-state index in [1.54, 1.807) is 0 Å². The first-order chi connectivity index (χ1) is 17.9. The number of benzene rings is 2. The Bertz CT molecular complexity index is 1010. The molecule has 0 aliphatic heterocycles. The number of halogens is 5. The lowest BCUT2D eigenvalue weighted by atomic mass is 9.80. The fraction of sp³-hybridized carbons (Fsp3) is 0.613. The van der Waals surface area contributed by atoms with E-state index in [-0.39, 0.29) is 28.9 Å². The van der Waals surface area contributed by atoms with Gasteiger partial charge in [-0.3, -0.25) is 0 Å². The molecule has 0 bridgehead atoms. The molecule has 0 fully saturated rings. The zero-order valence-electron chi connectivity index (χ0n) is 22.3. The molecule has 2 unspecified atom stereocenters. The quantitative estimate of drug-likeness (QED) is 0.124. The Kier molecular flexibility index (Phi) is 12.1. The van der Waals surface area contributed by atoms with Crippen LogP contribution in [0, 0.1) is 29.2 Å². The van der Waals surface area contributed by atoms with Crippen LogP contribution in [0.2, 0.25) is 0 Å². The average Bonchev–Trinajstić information content (AvgIpc) is 2.90. The van der Waals surface area contributed by atoms with Gasteiger partial charge in [-0.25, -0.2) is 13.2 Å². The summed E-state index contributed by atoms with van der Waals surface area (Å²) in [5, 5.41) is -0.316. The van der Waals surface area contributed by atoms with E-state index in [2.05, 4.69) is 6.92 Å². The summed E-state index contributed by atoms with van der Waals surface area (Å²) in [5.74, 6) is -4.47. The average molecular weight is 541 g/mol. The molecule has 0 saturated carbocycles. The molecule has 0 spiro atoms. The highest BCUT2D eigenvalue weighted by Gasteiger charge is 2.28. The number of ether oxygens (including phenoxy) is 1. The van der Waals surface area contributed by atoms with E-state index in [0.717, 1.165) is 32.1 Å². The largest absolute Gasteiger partial charge is 0.489 e. The van der Waals surface area contributed by atoms with Crippen molar-refractivity contribution in [3.8, 4) is 16.9 Å². The van der Waals surface area contributed by atoms with Crippen molar-refractivity contribution >= 4 is 11.6 Å². The molecule has 0 N–H and O–H groups in total. The van der Waals surface area contributed by atoms with Crippen molar-refractivity contribution in [2.45, 2.75) is 109 Å². The van der Waals surface area contributed by atoms with Gasteiger partial charge in [0, 0.05) is 11.1 Å². The summed E-state index contributed by atoms with van der Waals surface area (Å²) in [6.45, 7) is 4.29. The van der Waals surface area contributed by atoms with E-state index < -0.39 is 23.3 Å². The molecule has 0 saturated heterocycles. The van der Waals surface area contributed by atoms with Gasteiger partial charge in [0.2, 0.25) is 5.82 Å². The van der Waals surface area contributed by atoms with Gasteiger partial charge < -0.3 is 4.74 Å². The zero-order chi connectivity index (χ0) is 26.8. The maximum absolute atomic E-state index is 15.2. The van der Waals surface area contributed by atoms with Crippen molar-refractivity contribution < 1.29 is 22.3 Å². The van der Waals surface area contributed by atoms with E-state index in [1.807, 2.05) is 6.92 Å².